The Morgan fingerprint density at radius 2 is 1.96 bits per heavy atom. The highest BCUT2D eigenvalue weighted by atomic mass is 35.5. The molecule has 0 bridgehead atoms. The zero-order valence-electron chi connectivity index (χ0n) is 15.5. The molecule has 4 aromatic rings. The van der Waals surface area contributed by atoms with Crippen molar-refractivity contribution >= 4 is 22.8 Å². The largest absolute Gasteiger partial charge is 0.337 e. The number of nitrogens with zero attached hydrogens (tertiary/aromatic N) is 6. The third-order valence-electron chi connectivity index (χ3n) is 4.51. The Bertz CT molecular complexity index is 1150. The summed E-state index contributed by atoms with van der Waals surface area (Å²) >= 11 is 5.71. The molecule has 0 amide bonds. The van der Waals surface area contributed by atoms with Crippen LogP contribution < -0.4 is 5.56 Å². The van der Waals surface area contributed by atoms with E-state index in [4.69, 9.17) is 16.1 Å². The Labute approximate surface area is 165 Å². The van der Waals surface area contributed by atoms with E-state index in [1.165, 1.54) is 10.9 Å². The fourth-order valence-electron chi connectivity index (χ4n) is 2.72. The molecule has 0 N–H and O–H groups in total. The van der Waals surface area contributed by atoms with Crippen LogP contribution in [0.25, 0.3) is 11.2 Å². The zero-order valence-corrected chi connectivity index (χ0v) is 16.3. The zero-order chi connectivity index (χ0) is 19.7. The number of rotatable bonds is 3. The van der Waals surface area contributed by atoms with Gasteiger partial charge >= 0.3 is 0 Å². The summed E-state index contributed by atoms with van der Waals surface area (Å²) in [6.45, 7) is 2.22. The van der Waals surface area contributed by atoms with E-state index in [0.717, 1.165) is 29.3 Å². The minimum Gasteiger partial charge on any atom is -0.337 e. The molecular formula is C19H19ClN6O2. The van der Waals surface area contributed by atoms with Gasteiger partial charge in [-0.05, 0) is 31.4 Å². The van der Waals surface area contributed by atoms with E-state index in [2.05, 4.69) is 20.1 Å². The summed E-state index contributed by atoms with van der Waals surface area (Å²) in [5, 5.41) is 4.77. The lowest BCUT2D eigenvalue weighted by Crippen LogP contribution is -2.22. The summed E-state index contributed by atoms with van der Waals surface area (Å²) in [7, 11) is 1.76. The lowest BCUT2D eigenvalue weighted by atomic mass is 10.2. The van der Waals surface area contributed by atoms with Crippen molar-refractivity contribution in [1.29, 1.82) is 0 Å². The highest BCUT2D eigenvalue weighted by Gasteiger charge is 2.28. The van der Waals surface area contributed by atoms with Crippen molar-refractivity contribution in [2.75, 3.05) is 0 Å². The predicted octanol–water partition coefficient (Wildman–Crippen LogP) is 3.09. The van der Waals surface area contributed by atoms with E-state index in [-0.39, 0.29) is 12.1 Å². The molecule has 5 rings (SSSR count). The number of hydrogen-bond acceptors (Lipinski definition) is 6. The molecule has 28 heavy (non-hydrogen) atoms. The molecule has 1 aliphatic rings. The maximum absolute atomic E-state index is 12.3. The van der Waals surface area contributed by atoms with Gasteiger partial charge in [-0.2, -0.15) is 4.98 Å². The second kappa shape index (κ2) is 7.55. The Morgan fingerprint density at radius 1 is 1.21 bits per heavy atom. The van der Waals surface area contributed by atoms with E-state index in [9.17, 15) is 4.79 Å². The van der Waals surface area contributed by atoms with Crippen LogP contribution in [0.4, 0.5) is 0 Å². The van der Waals surface area contributed by atoms with Crippen LogP contribution >= 0.6 is 11.6 Å². The molecule has 3 aromatic heterocycles. The number of aryl methyl sites for hydroxylation is 2. The maximum atomic E-state index is 12.3. The van der Waals surface area contributed by atoms with Crippen LogP contribution in [0.1, 0.15) is 36.0 Å². The average Bonchev–Trinajstić information content (AvgIpc) is 3.32. The van der Waals surface area contributed by atoms with Crippen LogP contribution in [-0.4, -0.2) is 29.2 Å². The Hall–Kier alpha value is -3.00. The van der Waals surface area contributed by atoms with Gasteiger partial charge in [0.15, 0.2) is 17.0 Å². The third-order valence-corrected chi connectivity index (χ3v) is 4.93. The summed E-state index contributed by atoms with van der Waals surface area (Å²) in [5.41, 5.74) is 1.88. The monoisotopic (exact) mass is 398 g/mol. The molecule has 0 spiro atoms. The molecule has 8 nitrogen and oxygen atoms in total. The number of benzene rings is 1. The maximum Gasteiger partial charge on any atom is 0.280 e. The van der Waals surface area contributed by atoms with Crippen molar-refractivity contribution in [2.24, 2.45) is 7.05 Å². The molecular weight excluding hydrogens is 380 g/mol. The van der Waals surface area contributed by atoms with Crippen molar-refractivity contribution in [3.05, 3.63) is 69.6 Å². The molecule has 0 aliphatic heterocycles. The van der Waals surface area contributed by atoms with E-state index in [1.807, 2.05) is 31.2 Å². The number of imidazole rings is 1. The van der Waals surface area contributed by atoms with Gasteiger partial charge in [0.1, 0.15) is 12.9 Å². The molecule has 0 atom stereocenters. The van der Waals surface area contributed by atoms with Gasteiger partial charge in [-0.15, -0.1) is 0 Å². The van der Waals surface area contributed by atoms with Gasteiger partial charge < -0.3 is 9.09 Å². The van der Waals surface area contributed by atoms with Crippen LogP contribution in [0, 0.1) is 6.92 Å². The van der Waals surface area contributed by atoms with Crippen LogP contribution in [0.5, 0.6) is 0 Å². The van der Waals surface area contributed by atoms with Crippen LogP contribution in [0.3, 0.4) is 0 Å². The van der Waals surface area contributed by atoms with E-state index in [1.54, 1.807) is 17.9 Å². The smallest absolute Gasteiger partial charge is 0.280 e. The standard InChI is InChI=1S/C12H12N6O2.C7H7Cl/c1-17-5-13-11-9(17)12(19)18(6-14-11)4-8-15-10(16-20-8)7-2-3-7;1-6-4-2-3-5-7(6)8/h5-7H,2-4H2,1H3;2-5H,1H3. The van der Waals surface area contributed by atoms with Crippen molar-refractivity contribution in [2.45, 2.75) is 32.2 Å². The molecule has 0 radical (unpaired) electrons. The quantitative estimate of drug-likeness (QED) is 0.526. The molecule has 3 heterocycles. The minimum absolute atomic E-state index is 0.166. The molecule has 1 aromatic carbocycles. The summed E-state index contributed by atoms with van der Waals surface area (Å²) < 4.78 is 8.29. The highest BCUT2D eigenvalue weighted by Crippen LogP contribution is 2.38. The van der Waals surface area contributed by atoms with Gasteiger partial charge in [0, 0.05) is 18.0 Å². The average molecular weight is 399 g/mol. The number of hydrogen-bond donors (Lipinski definition) is 0. The van der Waals surface area contributed by atoms with Gasteiger partial charge in [-0.3, -0.25) is 9.36 Å². The SMILES string of the molecule is Cc1ccccc1Cl.Cn1cnc2ncn(Cc3nc(C4CC4)no3)c(=O)c21. The van der Waals surface area contributed by atoms with Crippen molar-refractivity contribution in [3.63, 3.8) is 0 Å². The third kappa shape index (κ3) is 3.82. The van der Waals surface area contributed by atoms with Gasteiger partial charge in [-0.1, -0.05) is 35.0 Å². The van der Waals surface area contributed by atoms with Crippen LogP contribution in [0.15, 0.2) is 46.2 Å². The van der Waals surface area contributed by atoms with Crippen molar-refractivity contribution in [1.82, 2.24) is 29.2 Å². The summed E-state index contributed by atoms with van der Waals surface area (Å²) in [5.74, 6) is 1.60. The van der Waals surface area contributed by atoms with Gasteiger partial charge in [0.25, 0.3) is 5.56 Å². The lowest BCUT2D eigenvalue weighted by Gasteiger charge is -2.01. The molecule has 0 saturated heterocycles. The molecule has 1 fully saturated rings. The fourth-order valence-corrected chi connectivity index (χ4v) is 2.86. The molecule has 1 aliphatic carbocycles. The first-order chi connectivity index (χ1) is 13.5. The first kappa shape index (κ1) is 18.4. The second-order valence-corrected chi connectivity index (χ2v) is 7.18. The molecule has 144 valence electrons. The molecule has 9 heteroatoms. The lowest BCUT2D eigenvalue weighted by molar-refractivity contribution is 0.364. The van der Waals surface area contributed by atoms with Crippen LogP contribution in [-0.2, 0) is 13.6 Å². The topological polar surface area (TPSA) is 91.6 Å². The Morgan fingerprint density at radius 3 is 2.64 bits per heavy atom. The molecule has 1 saturated carbocycles. The first-order valence-electron chi connectivity index (χ1n) is 8.93. The van der Waals surface area contributed by atoms with Gasteiger partial charge in [-0.25, -0.2) is 9.97 Å². The number of aromatic nitrogens is 6. The predicted molar refractivity (Wildman–Crippen MR) is 104 cm³/mol. The second-order valence-electron chi connectivity index (χ2n) is 6.78. The Kier molecular flexibility index (Phi) is 4.95. The highest BCUT2D eigenvalue weighted by molar-refractivity contribution is 6.31. The van der Waals surface area contributed by atoms with Crippen LogP contribution in [0.2, 0.25) is 5.02 Å². The summed E-state index contributed by atoms with van der Waals surface area (Å²) in [4.78, 5) is 24.9. The van der Waals surface area contributed by atoms with Crippen molar-refractivity contribution < 1.29 is 4.52 Å². The summed E-state index contributed by atoms with van der Waals surface area (Å²) in [6.07, 6.45) is 5.25. The van der Waals surface area contributed by atoms with Gasteiger partial charge in [0.2, 0.25) is 5.89 Å². The van der Waals surface area contributed by atoms with Gasteiger partial charge in [0.05, 0.1) is 6.33 Å². The first-order valence-corrected chi connectivity index (χ1v) is 9.31. The van der Waals surface area contributed by atoms with E-state index in [0.29, 0.717) is 23.0 Å². The molecule has 0 unspecified atom stereocenters. The fraction of sp³-hybridized carbons (Fsp3) is 0.316. The van der Waals surface area contributed by atoms with E-state index >= 15 is 0 Å². The Balaban J connectivity index is 0.000000203. The summed E-state index contributed by atoms with van der Waals surface area (Å²) in [6, 6.07) is 7.77. The minimum atomic E-state index is -0.166. The number of halogens is 1. The van der Waals surface area contributed by atoms with Crippen molar-refractivity contribution in [3.8, 4) is 0 Å². The van der Waals surface area contributed by atoms with E-state index < -0.39 is 0 Å². The normalized spacial score (nSPS) is 13.4. The number of fused-ring (bicyclic) bond motifs is 1.